The lowest BCUT2D eigenvalue weighted by atomic mass is 10.0. The molecule has 0 aliphatic carbocycles. The van der Waals surface area contributed by atoms with E-state index in [-0.39, 0.29) is 0 Å². The fourth-order valence-corrected chi connectivity index (χ4v) is 7.82. The SMILES string of the molecule is c1ccc(-c2nc(-c3ccccc3)nc(-c3cccc4oc5ccc(-n6c7cc8ccccc8cc7c7c8ccccc8ccc76)cc5c34)n2)cc1. The Kier molecular flexibility index (Phi) is 6.18. The van der Waals surface area contributed by atoms with E-state index in [4.69, 9.17) is 19.4 Å². The molecule has 0 bridgehead atoms. The maximum atomic E-state index is 6.53. The molecule has 5 nitrogen and oxygen atoms in total. The maximum Gasteiger partial charge on any atom is 0.164 e. The van der Waals surface area contributed by atoms with Gasteiger partial charge in [0.25, 0.3) is 0 Å². The minimum atomic E-state index is 0.598. The first-order chi connectivity index (χ1) is 25.8. The van der Waals surface area contributed by atoms with Gasteiger partial charge < -0.3 is 8.98 Å². The van der Waals surface area contributed by atoms with Crippen LogP contribution in [0.1, 0.15) is 0 Å². The van der Waals surface area contributed by atoms with E-state index in [1.807, 2.05) is 72.8 Å². The van der Waals surface area contributed by atoms with E-state index in [0.717, 1.165) is 55.3 Å². The topological polar surface area (TPSA) is 56.7 Å². The summed E-state index contributed by atoms with van der Waals surface area (Å²) < 4.78 is 8.92. The Hall–Kier alpha value is -7.11. The second-order valence-corrected chi connectivity index (χ2v) is 13.2. The average Bonchev–Trinajstić information content (AvgIpc) is 3.75. The highest BCUT2D eigenvalue weighted by Crippen LogP contribution is 2.41. The van der Waals surface area contributed by atoms with Crippen LogP contribution in [0.5, 0.6) is 0 Å². The molecule has 5 heteroatoms. The average molecular weight is 665 g/mol. The van der Waals surface area contributed by atoms with Crippen LogP contribution in [0.3, 0.4) is 0 Å². The molecule has 3 aromatic heterocycles. The lowest BCUT2D eigenvalue weighted by Gasteiger charge is -2.10. The quantitative estimate of drug-likeness (QED) is 0.188. The van der Waals surface area contributed by atoms with Gasteiger partial charge in [0.1, 0.15) is 11.2 Å². The van der Waals surface area contributed by atoms with Crippen molar-refractivity contribution >= 4 is 65.3 Å². The summed E-state index contributed by atoms with van der Waals surface area (Å²) in [7, 11) is 0. The van der Waals surface area contributed by atoms with Crippen molar-refractivity contribution in [2.24, 2.45) is 0 Å². The zero-order valence-corrected chi connectivity index (χ0v) is 27.9. The number of benzene rings is 8. The number of aromatic nitrogens is 4. The number of rotatable bonds is 4. The number of nitrogens with zero attached hydrogens (tertiary/aromatic N) is 4. The molecule has 3 heterocycles. The van der Waals surface area contributed by atoms with Crippen molar-refractivity contribution in [2.75, 3.05) is 0 Å². The van der Waals surface area contributed by atoms with Gasteiger partial charge in [-0.2, -0.15) is 0 Å². The van der Waals surface area contributed by atoms with Crippen LogP contribution in [0.25, 0.3) is 105 Å². The molecule has 8 aromatic carbocycles. The number of fused-ring (bicyclic) bond motifs is 9. The second kappa shape index (κ2) is 11.2. The van der Waals surface area contributed by atoms with Crippen molar-refractivity contribution in [1.29, 1.82) is 0 Å². The van der Waals surface area contributed by atoms with Crippen molar-refractivity contribution in [3.8, 4) is 39.9 Å². The standard InChI is InChI=1S/C47H28N4O/c1-3-13-30(14-4-1)45-48-46(31-15-5-2-6-16-31)50-47(49-45)36-20-11-21-42-44(36)38-28-34(23-25-41(38)52-42)51-39-24-22-29-12-9-10-19-35(29)43(39)37-26-32-17-7-8-18-33(32)27-40(37)51/h1-28H. The second-order valence-electron chi connectivity index (χ2n) is 13.2. The maximum absolute atomic E-state index is 6.53. The summed E-state index contributed by atoms with van der Waals surface area (Å²) in [5.74, 6) is 1.85. The third kappa shape index (κ3) is 4.39. The van der Waals surface area contributed by atoms with Crippen LogP contribution in [0.4, 0.5) is 0 Å². The fourth-order valence-electron chi connectivity index (χ4n) is 7.82. The first-order valence-electron chi connectivity index (χ1n) is 17.4. The Morgan fingerprint density at radius 1 is 0.385 bits per heavy atom. The molecule has 0 N–H and O–H groups in total. The Labute approximate surface area is 298 Å². The van der Waals surface area contributed by atoms with Crippen molar-refractivity contribution in [3.63, 3.8) is 0 Å². The molecule has 0 aliphatic heterocycles. The highest BCUT2D eigenvalue weighted by molar-refractivity contribution is 6.23. The van der Waals surface area contributed by atoms with Crippen LogP contribution in [0, 0.1) is 0 Å². The number of hydrogen-bond acceptors (Lipinski definition) is 4. The first-order valence-corrected chi connectivity index (χ1v) is 17.4. The Bertz CT molecular complexity index is 3120. The van der Waals surface area contributed by atoms with Gasteiger partial charge in [-0.15, -0.1) is 0 Å². The van der Waals surface area contributed by atoms with Crippen LogP contribution in [-0.2, 0) is 0 Å². The van der Waals surface area contributed by atoms with Gasteiger partial charge in [-0.1, -0.05) is 127 Å². The highest BCUT2D eigenvalue weighted by Gasteiger charge is 2.20. The molecule has 0 aliphatic rings. The van der Waals surface area contributed by atoms with Gasteiger partial charge in [0, 0.05) is 43.9 Å². The van der Waals surface area contributed by atoms with Crippen molar-refractivity contribution in [3.05, 3.63) is 170 Å². The number of hydrogen-bond donors (Lipinski definition) is 0. The molecule has 11 rings (SSSR count). The molecule has 0 unspecified atom stereocenters. The molecular formula is C47H28N4O. The van der Waals surface area contributed by atoms with Gasteiger partial charge in [0.05, 0.1) is 11.0 Å². The minimum Gasteiger partial charge on any atom is -0.456 e. The van der Waals surface area contributed by atoms with Gasteiger partial charge >= 0.3 is 0 Å². The van der Waals surface area contributed by atoms with Crippen LogP contribution >= 0.6 is 0 Å². The molecule has 242 valence electrons. The van der Waals surface area contributed by atoms with Crippen LogP contribution in [0.2, 0.25) is 0 Å². The molecule has 0 spiro atoms. The molecule has 0 atom stereocenters. The van der Waals surface area contributed by atoms with E-state index in [9.17, 15) is 0 Å². The normalized spacial score (nSPS) is 11.8. The van der Waals surface area contributed by atoms with Gasteiger partial charge in [-0.3, -0.25) is 0 Å². The van der Waals surface area contributed by atoms with E-state index < -0.39 is 0 Å². The molecule has 0 saturated heterocycles. The molecule has 0 radical (unpaired) electrons. The molecule has 0 saturated carbocycles. The summed E-state index contributed by atoms with van der Waals surface area (Å²) in [6.07, 6.45) is 0. The summed E-state index contributed by atoms with van der Waals surface area (Å²) in [6.45, 7) is 0. The third-order valence-corrected chi connectivity index (χ3v) is 10.2. The van der Waals surface area contributed by atoms with Gasteiger partial charge in [-0.25, -0.2) is 15.0 Å². The van der Waals surface area contributed by atoms with Gasteiger partial charge in [0.15, 0.2) is 17.5 Å². The molecular weight excluding hydrogens is 637 g/mol. The van der Waals surface area contributed by atoms with Crippen molar-refractivity contribution < 1.29 is 4.42 Å². The molecule has 0 fully saturated rings. The van der Waals surface area contributed by atoms with Crippen LogP contribution in [-0.4, -0.2) is 19.5 Å². The smallest absolute Gasteiger partial charge is 0.164 e. The van der Waals surface area contributed by atoms with E-state index in [0.29, 0.717) is 17.5 Å². The predicted octanol–water partition coefficient (Wildman–Crippen LogP) is 12.2. The van der Waals surface area contributed by atoms with Gasteiger partial charge in [-0.05, 0) is 64.0 Å². The van der Waals surface area contributed by atoms with E-state index in [2.05, 4.69) is 102 Å². The highest BCUT2D eigenvalue weighted by atomic mass is 16.3. The van der Waals surface area contributed by atoms with Crippen molar-refractivity contribution in [1.82, 2.24) is 19.5 Å². The first kappa shape index (κ1) is 28.7. The molecule has 11 aromatic rings. The van der Waals surface area contributed by atoms with Crippen molar-refractivity contribution in [2.45, 2.75) is 0 Å². The number of furan rings is 1. The molecule has 0 amide bonds. The third-order valence-electron chi connectivity index (χ3n) is 10.2. The van der Waals surface area contributed by atoms with Crippen LogP contribution < -0.4 is 0 Å². The Morgan fingerprint density at radius 2 is 1.04 bits per heavy atom. The summed E-state index contributed by atoms with van der Waals surface area (Å²) >= 11 is 0. The summed E-state index contributed by atoms with van der Waals surface area (Å²) in [5.41, 5.74) is 7.73. The zero-order chi connectivity index (χ0) is 34.2. The predicted molar refractivity (Wildman–Crippen MR) is 213 cm³/mol. The lowest BCUT2D eigenvalue weighted by Crippen LogP contribution is -2.00. The molecule has 52 heavy (non-hydrogen) atoms. The lowest BCUT2D eigenvalue weighted by molar-refractivity contribution is 0.669. The minimum absolute atomic E-state index is 0.598. The van der Waals surface area contributed by atoms with E-state index >= 15 is 0 Å². The van der Waals surface area contributed by atoms with E-state index in [1.165, 1.54) is 32.3 Å². The Balaban J connectivity index is 1.19. The monoisotopic (exact) mass is 664 g/mol. The zero-order valence-electron chi connectivity index (χ0n) is 27.9. The van der Waals surface area contributed by atoms with Gasteiger partial charge in [0.2, 0.25) is 0 Å². The fraction of sp³-hybridized carbons (Fsp3) is 0. The summed E-state index contributed by atoms with van der Waals surface area (Å²) in [5, 5.41) is 9.37. The van der Waals surface area contributed by atoms with E-state index in [1.54, 1.807) is 0 Å². The summed E-state index contributed by atoms with van der Waals surface area (Å²) in [6, 6.07) is 59.2. The largest absolute Gasteiger partial charge is 0.456 e. The van der Waals surface area contributed by atoms with Crippen LogP contribution in [0.15, 0.2) is 174 Å². The summed E-state index contributed by atoms with van der Waals surface area (Å²) in [4.78, 5) is 15.1. The Morgan fingerprint density at radius 3 is 1.79 bits per heavy atom.